The number of halogens is 1. The van der Waals surface area contributed by atoms with Crippen molar-refractivity contribution in [3.63, 3.8) is 0 Å². The molecule has 0 aromatic carbocycles. The molecular weight excluding hydrogens is 215 g/mol. The number of carbonyl (C=O) groups is 1. The van der Waals surface area contributed by atoms with Crippen LogP contribution in [0.1, 0.15) is 11.6 Å². The number of amides is 1. The van der Waals surface area contributed by atoms with Gasteiger partial charge in [-0.05, 0) is 6.07 Å². The van der Waals surface area contributed by atoms with Gasteiger partial charge in [-0.1, -0.05) is 0 Å². The first-order valence-electron chi connectivity index (χ1n) is 4.77. The number of nitrogens with one attached hydrogen (secondary N) is 1. The molecule has 1 aromatic rings. The van der Waals surface area contributed by atoms with Gasteiger partial charge < -0.3 is 14.8 Å². The van der Waals surface area contributed by atoms with Crippen LogP contribution in [-0.4, -0.2) is 31.2 Å². The molecule has 1 unspecified atom stereocenters. The first-order chi connectivity index (χ1) is 7.70. The van der Waals surface area contributed by atoms with Gasteiger partial charge in [0.2, 0.25) is 11.8 Å². The zero-order chi connectivity index (χ0) is 11.5. The second-order valence-corrected chi connectivity index (χ2v) is 3.39. The number of ether oxygens (including phenoxy) is 2. The van der Waals surface area contributed by atoms with Gasteiger partial charge >= 0.3 is 0 Å². The molecule has 0 aliphatic carbocycles. The third kappa shape index (κ3) is 2.11. The molecule has 2 heterocycles. The molecule has 2 rings (SSSR count). The average molecular weight is 226 g/mol. The minimum Gasteiger partial charge on any atom is -0.481 e. The number of aromatic nitrogens is 1. The molecule has 1 atom stereocenters. The zero-order valence-corrected chi connectivity index (χ0v) is 8.70. The Labute approximate surface area is 91.6 Å². The number of morpholine rings is 1. The summed E-state index contributed by atoms with van der Waals surface area (Å²) in [4.78, 5) is 14.9. The Morgan fingerprint density at radius 2 is 2.50 bits per heavy atom. The van der Waals surface area contributed by atoms with Crippen molar-refractivity contribution in [1.82, 2.24) is 10.3 Å². The van der Waals surface area contributed by atoms with Gasteiger partial charge in [-0.25, -0.2) is 9.37 Å². The lowest BCUT2D eigenvalue weighted by molar-refractivity contribution is -0.131. The predicted octanol–water partition coefficient (Wildman–Crippen LogP) is 0.417. The fourth-order valence-corrected chi connectivity index (χ4v) is 1.58. The summed E-state index contributed by atoms with van der Waals surface area (Å²) < 4.78 is 23.1. The quantitative estimate of drug-likeness (QED) is 0.793. The van der Waals surface area contributed by atoms with E-state index in [0.717, 1.165) is 6.20 Å². The summed E-state index contributed by atoms with van der Waals surface area (Å²) in [6.45, 7) is 0.314. The molecule has 1 fully saturated rings. The maximum Gasteiger partial charge on any atom is 0.246 e. The number of hydrogen-bond donors (Lipinski definition) is 1. The van der Waals surface area contributed by atoms with Crippen LogP contribution in [0.4, 0.5) is 4.39 Å². The Bertz CT molecular complexity index is 411. The third-order valence-electron chi connectivity index (χ3n) is 2.27. The standard InChI is InChI=1S/C10H11FN2O3/c1-15-10-7(2-6(11)3-12-10)8-4-16-5-9(14)13-8/h2-3,8H,4-5H2,1H3,(H,13,14). The van der Waals surface area contributed by atoms with E-state index < -0.39 is 11.9 Å². The Kier molecular flexibility index (Phi) is 3.00. The summed E-state index contributed by atoms with van der Waals surface area (Å²) in [7, 11) is 1.44. The molecule has 1 saturated heterocycles. The van der Waals surface area contributed by atoms with Crippen LogP contribution in [-0.2, 0) is 9.53 Å². The highest BCUT2D eigenvalue weighted by atomic mass is 19.1. The molecule has 1 aliphatic heterocycles. The van der Waals surface area contributed by atoms with E-state index in [0.29, 0.717) is 5.56 Å². The molecule has 86 valence electrons. The van der Waals surface area contributed by atoms with Crippen molar-refractivity contribution < 1.29 is 18.7 Å². The molecule has 0 spiro atoms. The van der Waals surface area contributed by atoms with E-state index in [1.54, 1.807) is 0 Å². The van der Waals surface area contributed by atoms with Crippen molar-refractivity contribution in [2.24, 2.45) is 0 Å². The zero-order valence-electron chi connectivity index (χ0n) is 8.70. The fourth-order valence-electron chi connectivity index (χ4n) is 1.58. The summed E-state index contributed by atoms with van der Waals surface area (Å²) in [5.74, 6) is -0.421. The average Bonchev–Trinajstić information content (AvgIpc) is 2.29. The molecule has 16 heavy (non-hydrogen) atoms. The number of nitrogens with zero attached hydrogens (tertiary/aromatic N) is 1. The number of rotatable bonds is 2. The molecule has 1 aromatic heterocycles. The highest BCUT2D eigenvalue weighted by molar-refractivity contribution is 5.78. The van der Waals surface area contributed by atoms with E-state index in [2.05, 4.69) is 10.3 Å². The molecular formula is C10H11FN2O3. The fraction of sp³-hybridized carbons (Fsp3) is 0.400. The summed E-state index contributed by atoms with van der Waals surface area (Å²) >= 11 is 0. The molecule has 0 saturated carbocycles. The summed E-state index contributed by atoms with van der Waals surface area (Å²) in [5, 5.41) is 2.68. The molecule has 6 heteroatoms. The van der Waals surface area contributed by atoms with Gasteiger partial charge in [0.1, 0.15) is 12.4 Å². The second-order valence-electron chi connectivity index (χ2n) is 3.39. The van der Waals surface area contributed by atoms with Gasteiger partial charge in [-0.2, -0.15) is 0 Å². The van der Waals surface area contributed by atoms with Crippen LogP contribution in [0, 0.1) is 5.82 Å². The van der Waals surface area contributed by atoms with Crippen LogP contribution >= 0.6 is 0 Å². The van der Waals surface area contributed by atoms with E-state index in [9.17, 15) is 9.18 Å². The number of methoxy groups -OCH3 is 1. The smallest absolute Gasteiger partial charge is 0.246 e. The van der Waals surface area contributed by atoms with Gasteiger partial charge in [-0.3, -0.25) is 4.79 Å². The Balaban J connectivity index is 2.30. The maximum atomic E-state index is 13.1. The highest BCUT2D eigenvalue weighted by Crippen LogP contribution is 2.25. The van der Waals surface area contributed by atoms with Crippen LogP contribution in [0.2, 0.25) is 0 Å². The monoisotopic (exact) mass is 226 g/mol. The van der Waals surface area contributed by atoms with Crippen LogP contribution in [0.5, 0.6) is 5.88 Å². The molecule has 1 amide bonds. The minimum absolute atomic E-state index is 0.0293. The van der Waals surface area contributed by atoms with Gasteiger partial charge in [-0.15, -0.1) is 0 Å². The van der Waals surface area contributed by atoms with E-state index in [1.165, 1.54) is 13.2 Å². The lowest BCUT2D eigenvalue weighted by Gasteiger charge is -2.24. The number of pyridine rings is 1. The number of carbonyl (C=O) groups excluding carboxylic acids is 1. The Morgan fingerprint density at radius 3 is 3.19 bits per heavy atom. The normalized spacial score (nSPS) is 20.4. The summed E-state index contributed by atoms with van der Waals surface area (Å²) in [6.07, 6.45) is 1.06. The third-order valence-corrected chi connectivity index (χ3v) is 2.27. The molecule has 1 N–H and O–H groups in total. The van der Waals surface area contributed by atoms with Gasteiger partial charge in [0, 0.05) is 5.56 Å². The van der Waals surface area contributed by atoms with Crippen molar-refractivity contribution >= 4 is 5.91 Å². The van der Waals surface area contributed by atoms with Crippen LogP contribution in [0.15, 0.2) is 12.3 Å². The van der Waals surface area contributed by atoms with Gasteiger partial charge in [0.05, 0.1) is 26.0 Å². The van der Waals surface area contributed by atoms with Crippen molar-refractivity contribution in [3.05, 3.63) is 23.6 Å². The second kappa shape index (κ2) is 4.44. The largest absolute Gasteiger partial charge is 0.481 e. The first-order valence-corrected chi connectivity index (χ1v) is 4.77. The molecule has 0 bridgehead atoms. The molecule has 0 radical (unpaired) electrons. The SMILES string of the molecule is COc1ncc(F)cc1C1COCC(=O)N1. The van der Waals surface area contributed by atoms with Gasteiger partial charge in [0.15, 0.2) is 0 Å². The van der Waals surface area contributed by atoms with Crippen molar-refractivity contribution in [2.75, 3.05) is 20.3 Å². The summed E-state index contributed by atoms with van der Waals surface area (Å²) in [6, 6.07) is 0.866. The van der Waals surface area contributed by atoms with E-state index in [4.69, 9.17) is 9.47 Å². The van der Waals surface area contributed by atoms with Crippen molar-refractivity contribution in [3.8, 4) is 5.88 Å². The number of hydrogen-bond acceptors (Lipinski definition) is 4. The van der Waals surface area contributed by atoms with Crippen molar-refractivity contribution in [2.45, 2.75) is 6.04 Å². The summed E-state index contributed by atoms with van der Waals surface area (Å²) in [5.41, 5.74) is 0.482. The lowest BCUT2D eigenvalue weighted by atomic mass is 10.1. The lowest BCUT2D eigenvalue weighted by Crippen LogP contribution is -2.40. The molecule has 1 aliphatic rings. The Hall–Kier alpha value is -1.69. The maximum absolute atomic E-state index is 13.1. The van der Waals surface area contributed by atoms with Crippen molar-refractivity contribution in [1.29, 1.82) is 0 Å². The van der Waals surface area contributed by atoms with E-state index in [1.807, 2.05) is 0 Å². The Morgan fingerprint density at radius 1 is 1.69 bits per heavy atom. The molecule has 5 nitrogen and oxygen atoms in total. The topological polar surface area (TPSA) is 60.5 Å². The van der Waals surface area contributed by atoms with Crippen LogP contribution in [0.25, 0.3) is 0 Å². The predicted molar refractivity (Wildman–Crippen MR) is 52.4 cm³/mol. The minimum atomic E-state index is -0.476. The first kappa shape index (κ1) is 10.8. The van der Waals surface area contributed by atoms with Gasteiger partial charge in [0.25, 0.3) is 0 Å². The van der Waals surface area contributed by atoms with Crippen LogP contribution < -0.4 is 10.1 Å². The van der Waals surface area contributed by atoms with E-state index in [-0.39, 0.29) is 25.0 Å². The van der Waals surface area contributed by atoms with Crippen LogP contribution in [0.3, 0.4) is 0 Å². The van der Waals surface area contributed by atoms with E-state index >= 15 is 0 Å². The highest BCUT2D eigenvalue weighted by Gasteiger charge is 2.24.